The third kappa shape index (κ3) is 4.43. The number of imidazole rings is 1. The predicted molar refractivity (Wildman–Crippen MR) is 123 cm³/mol. The zero-order chi connectivity index (χ0) is 22.0. The second kappa shape index (κ2) is 8.84. The van der Waals surface area contributed by atoms with Crippen LogP contribution in [-0.2, 0) is 6.54 Å². The molecule has 0 bridgehead atoms. The minimum atomic E-state index is -0.0622. The van der Waals surface area contributed by atoms with Crippen LogP contribution in [0.15, 0.2) is 48.7 Å². The van der Waals surface area contributed by atoms with Gasteiger partial charge in [-0.1, -0.05) is 24.3 Å². The standard InChI is InChI=1S/C25H30N4O2/c1-17-7-8-18(2)22(14-17)27-25(30)28-13-5-6-23(28)24-26-15-19(3)29(24)16-20-9-11-21(31-4)12-10-20/h7-12,14-15,23H,5-6,13,16H2,1-4H3,(H,27,30). The van der Waals surface area contributed by atoms with Gasteiger partial charge in [0.1, 0.15) is 11.6 Å². The first-order valence-electron chi connectivity index (χ1n) is 10.8. The summed E-state index contributed by atoms with van der Waals surface area (Å²) in [6, 6.07) is 14.1. The molecule has 1 aliphatic heterocycles. The second-order valence-electron chi connectivity index (χ2n) is 8.29. The minimum absolute atomic E-state index is 0.0305. The fraction of sp³-hybridized carbons (Fsp3) is 0.360. The van der Waals surface area contributed by atoms with Crippen molar-refractivity contribution >= 4 is 11.7 Å². The van der Waals surface area contributed by atoms with Crippen molar-refractivity contribution in [3.63, 3.8) is 0 Å². The molecule has 6 nitrogen and oxygen atoms in total. The van der Waals surface area contributed by atoms with Crippen LogP contribution in [0.3, 0.4) is 0 Å². The number of ether oxygens (including phenoxy) is 1. The van der Waals surface area contributed by atoms with Crippen molar-refractivity contribution in [3.8, 4) is 5.75 Å². The highest BCUT2D eigenvalue weighted by Crippen LogP contribution is 2.33. The van der Waals surface area contributed by atoms with Crippen LogP contribution in [0, 0.1) is 20.8 Å². The summed E-state index contributed by atoms with van der Waals surface area (Å²) in [6.07, 6.45) is 3.79. The molecule has 4 rings (SSSR count). The van der Waals surface area contributed by atoms with Crippen LogP contribution in [0.25, 0.3) is 0 Å². The lowest BCUT2D eigenvalue weighted by Gasteiger charge is -2.26. The first kappa shape index (κ1) is 21.0. The number of hydrogen-bond acceptors (Lipinski definition) is 3. The number of anilines is 1. The Morgan fingerprint density at radius 2 is 1.94 bits per heavy atom. The molecule has 0 aliphatic carbocycles. The van der Waals surface area contributed by atoms with E-state index in [-0.39, 0.29) is 12.1 Å². The number of nitrogens with zero attached hydrogens (tertiary/aromatic N) is 3. The molecule has 1 unspecified atom stereocenters. The van der Waals surface area contributed by atoms with Crippen LogP contribution in [0.4, 0.5) is 10.5 Å². The molecule has 2 amide bonds. The van der Waals surface area contributed by atoms with Gasteiger partial charge >= 0.3 is 6.03 Å². The van der Waals surface area contributed by atoms with Crippen LogP contribution >= 0.6 is 0 Å². The van der Waals surface area contributed by atoms with Crippen molar-refractivity contribution in [2.24, 2.45) is 0 Å². The lowest BCUT2D eigenvalue weighted by Crippen LogP contribution is -2.35. The number of nitrogens with one attached hydrogen (secondary N) is 1. The fourth-order valence-corrected chi connectivity index (χ4v) is 4.20. The predicted octanol–water partition coefficient (Wildman–Crippen LogP) is 5.23. The van der Waals surface area contributed by atoms with Crippen LogP contribution < -0.4 is 10.1 Å². The number of methoxy groups -OCH3 is 1. The maximum Gasteiger partial charge on any atom is 0.322 e. The van der Waals surface area contributed by atoms with Gasteiger partial charge in [0.15, 0.2) is 0 Å². The molecule has 1 fully saturated rings. The number of aryl methyl sites for hydroxylation is 3. The molecule has 6 heteroatoms. The summed E-state index contributed by atoms with van der Waals surface area (Å²) in [6.45, 7) is 7.56. The smallest absolute Gasteiger partial charge is 0.322 e. The van der Waals surface area contributed by atoms with E-state index in [0.29, 0.717) is 6.54 Å². The summed E-state index contributed by atoms with van der Waals surface area (Å²) in [7, 11) is 1.67. The van der Waals surface area contributed by atoms with Gasteiger partial charge in [-0.25, -0.2) is 9.78 Å². The molecule has 1 saturated heterocycles. The molecule has 0 saturated carbocycles. The number of likely N-dealkylation sites (tertiary alicyclic amines) is 1. The van der Waals surface area contributed by atoms with E-state index in [1.54, 1.807) is 7.11 Å². The fourth-order valence-electron chi connectivity index (χ4n) is 4.20. The average Bonchev–Trinajstić information content (AvgIpc) is 3.38. The summed E-state index contributed by atoms with van der Waals surface area (Å²) in [5, 5.41) is 3.12. The number of hydrogen-bond donors (Lipinski definition) is 1. The Kier molecular flexibility index (Phi) is 5.98. The van der Waals surface area contributed by atoms with Gasteiger partial charge in [0.05, 0.1) is 13.2 Å². The highest BCUT2D eigenvalue weighted by molar-refractivity contribution is 5.90. The molecule has 2 aromatic carbocycles. The van der Waals surface area contributed by atoms with E-state index in [1.807, 2.05) is 49.2 Å². The lowest BCUT2D eigenvalue weighted by atomic mass is 10.1. The van der Waals surface area contributed by atoms with E-state index in [0.717, 1.165) is 53.5 Å². The van der Waals surface area contributed by atoms with Gasteiger partial charge in [-0.05, 0) is 68.5 Å². The van der Waals surface area contributed by atoms with Gasteiger partial charge in [-0.3, -0.25) is 0 Å². The van der Waals surface area contributed by atoms with Crippen molar-refractivity contribution in [1.29, 1.82) is 0 Å². The maximum absolute atomic E-state index is 13.2. The third-order valence-corrected chi connectivity index (χ3v) is 6.03. The molecule has 1 N–H and O–H groups in total. The lowest BCUT2D eigenvalue weighted by molar-refractivity contribution is 0.204. The van der Waals surface area contributed by atoms with Crippen molar-refractivity contribution < 1.29 is 9.53 Å². The zero-order valence-electron chi connectivity index (χ0n) is 18.7. The zero-order valence-corrected chi connectivity index (χ0v) is 18.7. The van der Waals surface area contributed by atoms with Crippen molar-refractivity contribution in [1.82, 2.24) is 14.5 Å². The Bertz CT molecular complexity index is 1070. The monoisotopic (exact) mass is 418 g/mol. The summed E-state index contributed by atoms with van der Waals surface area (Å²) in [5.41, 5.74) is 5.32. The first-order valence-corrected chi connectivity index (χ1v) is 10.8. The van der Waals surface area contributed by atoms with Gasteiger partial charge in [-0.2, -0.15) is 0 Å². The molecule has 2 heterocycles. The number of urea groups is 1. The minimum Gasteiger partial charge on any atom is -0.497 e. The third-order valence-electron chi connectivity index (χ3n) is 6.03. The summed E-state index contributed by atoms with van der Waals surface area (Å²) >= 11 is 0. The summed E-state index contributed by atoms with van der Waals surface area (Å²) in [5.74, 6) is 1.79. The molecule has 3 aromatic rings. The van der Waals surface area contributed by atoms with E-state index in [4.69, 9.17) is 9.72 Å². The SMILES string of the molecule is COc1ccc(Cn2c(C)cnc2C2CCCN2C(=O)Nc2cc(C)ccc2C)cc1. The normalized spacial score (nSPS) is 15.9. The Balaban J connectivity index is 1.56. The number of benzene rings is 2. The van der Waals surface area contributed by atoms with E-state index in [2.05, 4.69) is 35.0 Å². The van der Waals surface area contributed by atoms with E-state index < -0.39 is 0 Å². The number of carbonyl (C=O) groups excluding carboxylic acids is 1. The highest BCUT2D eigenvalue weighted by Gasteiger charge is 2.33. The Morgan fingerprint density at radius 3 is 2.68 bits per heavy atom. The molecule has 31 heavy (non-hydrogen) atoms. The molecule has 1 aliphatic rings. The van der Waals surface area contributed by atoms with Gasteiger partial charge in [0.25, 0.3) is 0 Å². The summed E-state index contributed by atoms with van der Waals surface area (Å²) < 4.78 is 7.49. The Hall–Kier alpha value is -3.28. The Morgan fingerprint density at radius 1 is 1.16 bits per heavy atom. The largest absolute Gasteiger partial charge is 0.497 e. The van der Waals surface area contributed by atoms with Gasteiger partial charge in [-0.15, -0.1) is 0 Å². The number of rotatable bonds is 5. The number of carbonyl (C=O) groups is 1. The van der Waals surface area contributed by atoms with E-state index in [9.17, 15) is 4.79 Å². The molecule has 1 aromatic heterocycles. The molecule has 0 radical (unpaired) electrons. The molecule has 0 spiro atoms. The van der Waals surface area contributed by atoms with Crippen LogP contribution in [0.5, 0.6) is 5.75 Å². The number of amides is 2. The molecular weight excluding hydrogens is 388 g/mol. The van der Waals surface area contributed by atoms with E-state index in [1.165, 1.54) is 5.56 Å². The van der Waals surface area contributed by atoms with E-state index >= 15 is 0 Å². The van der Waals surface area contributed by atoms with Crippen molar-refractivity contribution in [2.75, 3.05) is 19.0 Å². The first-order chi connectivity index (χ1) is 15.0. The average molecular weight is 419 g/mol. The number of aromatic nitrogens is 2. The van der Waals surface area contributed by atoms with Crippen LogP contribution in [-0.4, -0.2) is 34.1 Å². The second-order valence-corrected chi connectivity index (χ2v) is 8.29. The molecule has 1 atom stereocenters. The van der Waals surface area contributed by atoms with Crippen molar-refractivity contribution in [3.05, 3.63) is 76.9 Å². The maximum atomic E-state index is 13.2. The van der Waals surface area contributed by atoms with Crippen LogP contribution in [0.2, 0.25) is 0 Å². The van der Waals surface area contributed by atoms with Gasteiger partial charge in [0, 0.05) is 30.7 Å². The van der Waals surface area contributed by atoms with Crippen molar-refractivity contribution in [2.45, 2.75) is 46.2 Å². The van der Waals surface area contributed by atoms with Gasteiger partial charge in [0.2, 0.25) is 0 Å². The topological polar surface area (TPSA) is 59.4 Å². The quantitative estimate of drug-likeness (QED) is 0.617. The Labute approximate surface area is 183 Å². The highest BCUT2D eigenvalue weighted by atomic mass is 16.5. The molecular formula is C25H30N4O2. The van der Waals surface area contributed by atoms with Gasteiger partial charge < -0.3 is 19.5 Å². The van der Waals surface area contributed by atoms with Crippen LogP contribution in [0.1, 0.15) is 47.1 Å². The molecule has 162 valence electrons. The summed E-state index contributed by atoms with van der Waals surface area (Å²) in [4.78, 5) is 19.8.